The minimum atomic E-state index is 1.14. The second kappa shape index (κ2) is 3.88. The van der Waals surface area contributed by atoms with E-state index in [1.807, 2.05) is 0 Å². The highest BCUT2D eigenvalue weighted by atomic mass is 32.1. The van der Waals surface area contributed by atoms with Crippen LogP contribution in [0.15, 0.2) is 12.2 Å². The van der Waals surface area contributed by atoms with Gasteiger partial charge in [-0.05, 0) is 38.3 Å². The molecule has 1 aliphatic carbocycles. The van der Waals surface area contributed by atoms with E-state index in [0.29, 0.717) is 0 Å². The van der Waals surface area contributed by atoms with Gasteiger partial charge in [0.15, 0.2) is 0 Å². The van der Waals surface area contributed by atoms with Crippen LogP contribution < -0.4 is 0 Å². The van der Waals surface area contributed by atoms with Crippen LogP contribution in [0.25, 0.3) is 12.2 Å². The first-order chi connectivity index (χ1) is 6.36. The molecule has 0 spiro atoms. The molecule has 68 valence electrons. The van der Waals surface area contributed by atoms with E-state index < -0.39 is 0 Å². The van der Waals surface area contributed by atoms with Gasteiger partial charge >= 0.3 is 0 Å². The van der Waals surface area contributed by atoms with Gasteiger partial charge in [-0.15, -0.1) is 11.3 Å². The number of hydrogen-bond donors (Lipinski definition) is 0. The maximum atomic E-state index is 4.47. The van der Waals surface area contributed by atoms with E-state index in [1.54, 1.807) is 11.3 Å². The number of aromatic nitrogens is 1. The molecule has 1 aromatic rings. The van der Waals surface area contributed by atoms with Crippen LogP contribution in [0.3, 0.4) is 0 Å². The van der Waals surface area contributed by atoms with E-state index in [2.05, 4.69) is 36.2 Å². The van der Waals surface area contributed by atoms with Crippen molar-refractivity contribution >= 4 is 23.5 Å². The van der Waals surface area contributed by atoms with Gasteiger partial charge < -0.3 is 0 Å². The average molecular weight is 191 g/mol. The van der Waals surface area contributed by atoms with Crippen molar-refractivity contribution in [3.8, 4) is 0 Å². The Hall–Kier alpha value is -0.890. The fraction of sp³-hybridized carbons (Fsp3) is 0.364. The average Bonchev–Trinajstić information content (AvgIpc) is 2.46. The lowest BCUT2D eigenvalue weighted by atomic mass is 10.2. The van der Waals surface area contributed by atoms with E-state index in [4.69, 9.17) is 0 Å². The molecule has 0 bridgehead atoms. The summed E-state index contributed by atoms with van der Waals surface area (Å²) in [5.41, 5.74) is 1.14. The summed E-state index contributed by atoms with van der Waals surface area (Å²) in [7, 11) is 0. The van der Waals surface area contributed by atoms with Gasteiger partial charge in [0.1, 0.15) is 0 Å². The van der Waals surface area contributed by atoms with Crippen LogP contribution in [-0.4, -0.2) is 4.98 Å². The van der Waals surface area contributed by atoms with Crippen LogP contribution in [0.4, 0.5) is 0 Å². The van der Waals surface area contributed by atoms with Crippen molar-refractivity contribution in [2.24, 2.45) is 0 Å². The number of nitrogens with zero attached hydrogens (tertiary/aromatic N) is 1. The Morgan fingerprint density at radius 2 is 2.00 bits per heavy atom. The van der Waals surface area contributed by atoms with Gasteiger partial charge in [-0.2, -0.15) is 0 Å². The molecule has 1 nitrogen and oxygen atoms in total. The molecule has 2 rings (SSSR count). The van der Waals surface area contributed by atoms with Crippen molar-refractivity contribution in [2.45, 2.75) is 26.2 Å². The number of hydrogen-bond acceptors (Lipinski definition) is 2. The molecule has 0 N–H and O–H groups in total. The molecule has 0 saturated carbocycles. The SMILES string of the molecule is Cc1nc2c(s1)/C=C/CCC/C=C\2. The number of thiazole rings is 1. The van der Waals surface area contributed by atoms with Crippen LogP contribution in [0, 0.1) is 6.92 Å². The Kier molecular flexibility index (Phi) is 2.60. The maximum Gasteiger partial charge on any atom is 0.0907 e. The minimum Gasteiger partial charge on any atom is -0.242 e. The Labute approximate surface area is 82.8 Å². The van der Waals surface area contributed by atoms with E-state index in [0.717, 1.165) is 10.7 Å². The summed E-state index contributed by atoms with van der Waals surface area (Å²) < 4.78 is 0. The molecule has 13 heavy (non-hydrogen) atoms. The van der Waals surface area contributed by atoms with E-state index >= 15 is 0 Å². The largest absolute Gasteiger partial charge is 0.242 e. The summed E-state index contributed by atoms with van der Waals surface area (Å²) >= 11 is 1.77. The Morgan fingerprint density at radius 1 is 1.23 bits per heavy atom. The lowest BCUT2D eigenvalue weighted by Gasteiger charge is -1.86. The molecule has 0 saturated heterocycles. The zero-order chi connectivity index (χ0) is 9.10. The molecule has 2 heteroatoms. The second-order valence-corrected chi connectivity index (χ2v) is 4.45. The van der Waals surface area contributed by atoms with Crippen molar-refractivity contribution in [1.29, 1.82) is 0 Å². The van der Waals surface area contributed by atoms with Crippen molar-refractivity contribution in [2.75, 3.05) is 0 Å². The van der Waals surface area contributed by atoms with Gasteiger partial charge in [0, 0.05) is 0 Å². The van der Waals surface area contributed by atoms with Gasteiger partial charge in [0.05, 0.1) is 15.6 Å². The highest BCUT2D eigenvalue weighted by Gasteiger charge is 2.03. The monoisotopic (exact) mass is 191 g/mol. The number of fused-ring (bicyclic) bond motifs is 1. The van der Waals surface area contributed by atoms with Crippen LogP contribution in [0.1, 0.15) is 34.8 Å². The first-order valence-electron chi connectivity index (χ1n) is 4.67. The standard InChI is InChI=1S/C11H13NS/c1-9-12-10-7-5-3-2-4-6-8-11(10)13-9/h5-8H,2-4H2,1H3/b7-5-,8-6+. The first-order valence-corrected chi connectivity index (χ1v) is 5.48. The van der Waals surface area contributed by atoms with Crippen molar-refractivity contribution in [1.82, 2.24) is 4.98 Å². The third kappa shape index (κ3) is 2.07. The topological polar surface area (TPSA) is 12.9 Å². The fourth-order valence-corrected chi connectivity index (χ4v) is 2.28. The lowest BCUT2D eigenvalue weighted by Crippen LogP contribution is -1.74. The summed E-state index contributed by atoms with van der Waals surface area (Å²) in [6.07, 6.45) is 12.4. The predicted molar refractivity (Wildman–Crippen MR) is 58.8 cm³/mol. The van der Waals surface area contributed by atoms with Gasteiger partial charge in [0.25, 0.3) is 0 Å². The molecular formula is C11H13NS. The third-order valence-electron chi connectivity index (χ3n) is 2.07. The fourth-order valence-electron chi connectivity index (χ4n) is 1.44. The molecule has 0 unspecified atom stereocenters. The van der Waals surface area contributed by atoms with Crippen molar-refractivity contribution in [3.63, 3.8) is 0 Å². The number of rotatable bonds is 0. The molecule has 1 aliphatic rings. The predicted octanol–water partition coefficient (Wildman–Crippen LogP) is 3.66. The summed E-state index contributed by atoms with van der Waals surface area (Å²) in [6, 6.07) is 0. The van der Waals surface area contributed by atoms with Crippen LogP contribution in [0.5, 0.6) is 0 Å². The summed E-state index contributed by atoms with van der Waals surface area (Å²) in [6.45, 7) is 2.06. The van der Waals surface area contributed by atoms with Crippen LogP contribution in [-0.2, 0) is 0 Å². The van der Waals surface area contributed by atoms with E-state index in [9.17, 15) is 0 Å². The molecular weight excluding hydrogens is 178 g/mol. The molecule has 0 aliphatic heterocycles. The van der Waals surface area contributed by atoms with Crippen molar-refractivity contribution < 1.29 is 0 Å². The van der Waals surface area contributed by atoms with Gasteiger partial charge in [-0.3, -0.25) is 0 Å². The summed E-state index contributed by atoms with van der Waals surface area (Å²) in [4.78, 5) is 5.78. The highest BCUT2D eigenvalue weighted by Crippen LogP contribution is 2.22. The molecule has 0 aromatic carbocycles. The molecule has 0 radical (unpaired) electrons. The van der Waals surface area contributed by atoms with E-state index in [-0.39, 0.29) is 0 Å². The van der Waals surface area contributed by atoms with Crippen molar-refractivity contribution in [3.05, 3.63) is 27.7 Å². The summed E-state index contributed by atoms with van der Waals surface area (Å²) in [5.74, 6) is 0. The number of aryl methyl sites for hydroxylation is 1. The Bertz CT molecular complexity index is 315. The third-order valence-corrected chi connectivity index (χ3v) is 3.03. The van der Waals surface area contributed by atoms with Gasteiger partial charge in [-0.25, -0.2) is 4.98 Å². The van der Waals surface area contributed by atoms with Gasteiger partial charge in [-0.1, -0.05) is 12.2 Å². The highest BCUT2D eigenvalue weighted by molar-refractivity contribution is 7.12. The van der Waals surface area contributed by atoms with Crippen LogP contribution >= 0.6 is 11.3 Å². The van der Waals surface area contributed by atoms with Gasteiger partial charge in [0.2, 0.25) is 0 Å². The lowest BCUT2D eigenvalue weighted by molar-refractivity contribution is 0.873. The molecule has 1 heterocycles. The zero-order valence-electron chi connectivity index (χ0n) is 7.79. The maximum absolute atomic E-state index is 4.47. The first kappa shape index (κ1) is 8.70. The van der Waals surface area contributed by atoms with Crippen LogP contribution in [0.2, 0.25) is 0 Å². The Balaban J connectivity index is 2.40. The zero-order valence-corrected chi connectivity index (χ0v) is 8.60. The molecule has 1 aromatic heterocycles. The minimum absolute atomic E-state index is 1.14. The quantitative estimate of drug-likeness (QED) is 0.610. The van der Waals surface area contributed by atoms with E-state index in [1.165, 1.54) is 24.1 Å². The smallest absolute Gasteiger partial charge is 0.0907 e. The normalized spacial score (nSPS) is 21.0. The summed E-state index contributed by atoms with van der Waals surface area (Å²) in [5, 5.41) is 1.15. The second-order valence-electron chi connectivity index (χ2n) is 3.22. The number of allylic oxidation sites excluding steroid dienone is 2. The molecule has 0 atom stereocenters. The molecule has 0 amide bonds. The molecule has 0 fully saturated rings. The Morgan fingerprint density at radius 3 is 2.85 bits per heavy atom.